The summed E-state index contributed by atoms with van der Waals surface area (Å²) >= 11 is 0. The minimum absolute atomic E-state index is 0.236. The van der Waals surface area contributed by atoms with Crippen molar-refractivity contribution < 1.29 is 0 Å². The van der Waals surface area contributed by atoms with Gasteiger partial charge in [-0.2, -0.15) is 10.2 Å². The smallest absolute Gasteiger partial charge is 0.114 e. The van der Waals surface area contributed by atoms with Crippen molar-refractivity contribution in [3.63, 3.8) is 0 Å². The van der Waals surface area contributed by atoms with Gasteiger partial charge in [0.25, 0.3) is 0 Å². The van der Waals surface area contributed by atoms with E-state index in [-0.39, 0.29) is 6.04 Å². The highest BCUT2D eigenvalue weighted by atomic mass is 15.3. The van der Waals surface area contributed by atoms with Gasteiger partial charge in [-0.05, 0) is 32.9 Å². The highest BCUT2D eigenvalue weighted by molar-refractivity contribution is 5.98. The van der Waals surface area contributed by atoms with Crippen LogP contribution in [0.2, 0.25) is 0 Å². The summed E-state index contributed by atoms with van der Waals surface area (Å²) in [5.74, 6) is 0. The van der Waals surface area contributed by atoms with E-state index in [9.17, 15) is 0 Å². The number of anilines is 1. The van der Waals surface area contributed by atoms with Gasteiger partial charge in [-0.3, -0.25) is 9.78 Å². The number of benzene rings is 1. The maximum Gasteiger partial charge on any atom is 0.114 e. The molecular formula is C22H23N7. The monoisotopic (exact) mass is 385 g/mol. The number of rotatable bonds is 5. The van der Waals surface area contributed by atoms with Gasteiger partial charge in [-0.15, -0.1) is 0 Å². The number of hydrogen-bond acceptors (Lipinski definition) is 4. The molecule has 0 radical (unpaired) electrons. The average molecular weight is 385 g/mol. The van der Waals surface area contributed by atoms with Crippen LogP contribution < -0.4 is 5.32 Å². The Morgan fingerprint density at radius 1 is 1.21 bits per heavy atom. The first-order valence-corrected chi connectivity index (χ1v) is 9.79. The maximum atomic E-state index is 5.02. The predicted octanol–water partition coefficient (Wildman–Crippen LogP) is 4.80. The molecule has 7 heteroatoms. The summed E-state index contributed by atoms with van der Waals surface area (Å²) in [6, 6.07) is 10.7. The van der Waals surface area contributed by atoms with Crippen LogP contribution in [0.3, 0.4) is 0 Å². The lowest BCUT2D eigenvalue weighted by molar-refractivity contribution is 0.547. The third-order valence-corrected chi connectivity index (χ3v) is 5.21. The minimum atomic E-state index is 0.236. The molecule has 3 N–H and O–H groups in total. The molecule has 0 fully saturated rings. The van der Waals surface area contributed by atoms with Crippen LogP contribution in [0.4, 0.5) is 5.69 Å². The zero-order chi connectivity index (χ0) is 20.0. The molecule has 5 rings (SSSR count). The van der Waals surface area contributed by atoms with E-state index < -0.39 is 0 Å². The lowest BCUT2D eigenvalue weighted by Crippen LogP contribution is -2.07. The van der Waals surface area contributed by atoms with Crippen molar-refractivity contribution >= 4 is 27.6 Å². The Labute approximate surface area is 168 Å². The molecule has 4 aromatic heterocycles. The van der Waals surface area contributed by atoms with E-state index in [1.807, 2.05) is 30.2 Å². The topological polar surface area (TPSA) is 87.2 Å². The van der Waals surface area contributed by atoms with Crippen molar-refractivity contribution in [1.29, 1.82) is 0 Å². The molecule has 7 nitrogen and oxygen atoms in total. The predicted molar refractivity (Wildman–Crippen MR) is 116 cm³/mol. The van der Waals surface area contributed by atoms with Crippen LogP contribution >= 0.6 is 0 Å². The van der Waals surface area contributed by atoms with Crippen molar-refractivity contribution in [2.45, 2.75) is 33.4 Å². The Balaban J connectivity index is 1.71. The van der Waals surface area contributed by atoms with Crippen LogP contribution in [-0.2, 0) is 6.54 Å². The Morgan fingerprint density at radius 2 is 2.10 bits per heavy atom. The summed E-state index contributed by atoms with van der Waals surface area (Å²) in [7, 11) is 0. The number of aryl methyl sites for hydroxylation is 1. The van der Waals surface area contributed by atoms with E-state index >= 15 is 0 Å². The van der Waals surface area contributed by atoms with Gasteiger partial charge in [0, 0.05) is 41.5 Å². The lowest BCUT2D eigenvalue weighted by atomic mass is 10.1. The number of nitrogens with one attached hydrogen (secondary N) is 3. The van der Waals surface area contributed by atoms with E-state index in [1.54, 1.807) is 0 Å². The first-order chi connectivity index (χ1) is 14.1. The van der Waals surface area contributed by atoms with Gasteiger partial charge in [0.2, 0.25) is 0 Å². The van der Waals surface area contributed by atoms with Crippen LogP contribution in [0.15, 0.2) is 48.9 Å². The van der Waals surface area contributed by atoms with Crippen molar-refractivity contribution in [1.82, 2.24) is 29.9 Å². The molecule has 0 aliphatic heterocycles. The zero-order valence-electron chi connectivity index (χ0n) is 16.7. The first kappa shape index (κ1) is 17.5. The molecule has 0 saturated carbocycles. The van der Waals surface area contributed by atoms with Crippen molar-refractivity contribution in [2.75, 3.05) is 5.32 Å². The molecule has 0 bridgehead atoms. The summed E-state index contributed by atoms with van der Waals surface area (Å²) < 4.78 is 2.05. The number of hydrogen-bond donors (Lipinski definition) is 3. The normalized spacial score (nSPS) is 11.7. The molecule has 0 spiro atoms. The van der Waals surface area contributed by atoms with Crippen LogP contribution in [0.25, 0.3) is 33.2 Å². The molecular weight excluding hydrogens is 362 g/mol. The molecule has 0 amide bonds. The highest BCUT2D eigenvalue weighted by Crippen LogP contribution is 2.34. The molecule has 0 aliphatic carbocycles. The molecule has 5 aromatic rings. The van der Waals surface area contributed by atoms with Gasteiger partial charge < -0.3 is 10.3 Å². The largest absolute Gasteiger partial charge is 0.379 e. The Bertz CT molecular complexity index is 1290. The number of nitrogens with zero attached hydrogens (tertiary/aromatic N) is 4. The summed E-state index contributed by atoms with van der Waals surface area (Å²) in [6.07, 6.45) is 5.70. The second-order valence-electron chi connectivity index (χ2n) is 7.58. The van der Waals surface area contributed by atoms with Gasteiger partial charge in [0.05, 0.1) is 28.8 Å². The molecule has 29 heavy (non-hydrogen) atoms. The van der Waals surface area contributed by atoms with E-state index in [1.165, 1.54) is 5.39 Å². The summed E-state index contributed by atoms with van der Waals surface area (Å²) in [5, 5.41) is 16.4. The molecule has 146 valence electrons. The standard InChI is InChI=1S/C22H23N7/c1-13(2)29-22-19(24-10-15-11-25-26-12-15)9-18(27-20(22)14(3)28-29)17-6-4-5-16-7-8-23-21(16)17/h4-9,11-13,23H,10H2,1-3H3,(H,24,27)(H,25,26). The van der Waals surface area contributed by atoms with Crippen molar-refractivity contribution in [3.05, 3.63) is 60.2 Å². The van der Waals surface area contributed by atoms with E-state index in [4.69, 9.17) is 10.1 Å². The Kier molecular flexibility index (Phi) is 4.08. The first-order valence-electron chi connectivity index (χ1n) is 9.79. The van der Waals surface area contributed by atoms with Crippen molar-refractivity contribution in [3.8, 4) is 11.3 Å². The molecule has 1 aromatic carbocycles. The summed E-state index contributed by atoms with van der Waals surface area (Å²) in [6.45, 7) is 6.97. The average Bonchev–Trinajstić information content (AvgIpc) is 3.46. The third kappa shape index (κ3) is 2.95. The fraction of sp³-hybridized carbons (Fsp3) is 0.227. The number of fused-ring (bicyclic) bond motifs is 2. The van der Waals surface area contributed by atoms with E-state index in [2.05, 4.69) is 64.7 Å². The van der Waals surface area contributed by atoms with Crippen LogP contribution in [0.5, 0.6) is 0 Å². The van der Waals surface area contributed by atoms with E-state index in [0.717, 1.165) is 44.8 Å². The van der Waals surface area contributed by atoms with Gasteiger partial charge in [0.1, 0.15) is 11.0 Å². The number of aromatic nitrogens is 6. The minimum Gasteiger partial charge on any atom is -0.379 e. The number of pyridine rings is 1. The number of aromatic amines is 2. The highest BCUT2D eigenvalue weighted by Gasteiger charge is 2.18. The fourth-order valence-electron chi connectivity index (χ4n) is 3.80. The third-order valence-electron chi connectivity index (χ3n) is 5.21. The lowest BCUT2D eigenvalue weighted by Gasteiger charge is -2.14. The van der Waals surface area contributed by atoms with Gasteiger partial charge >= 0.3 is 0 Å². The molecule has 0 saturated heterocycles. The zero-order valence-corrected chi connectivity index (χ0v) is 16.7. The summed E-state index contributed by atoms with van der Waals surface area (Å²) in [4.78, 5) is 8.37. The summed E-state index contributed by atoms with van der Waals surface area (Å²) in [5.41, 5.74) is 8.09. The second kappa shape index (κ2) is 6.77. The Hall–Kier alpha value is -3.61. The van der Waals surface area contributed by atoms with Crippen LogP contribution in [-0.4, -0.2) is 29.9 Å². The molecule has 0 atom stereocenters. The SMILES string of the molecule is Cc1nn(C(C)C)c2c(NCc3cn[nH]c3)cc(-c3cccc4cc[nH]c34)nc12. The second-order valence-corrected chi connectivity index (χ2v) is 7.58. The maximum absolute atomic E-state index is 5.02. The quantitative estimate of drug-likeness (QED) is 0.405. The number of H-pyrrole nitrogens is 2. The van der Waals surface area contributed by atoms with Gasteiger partial charge in [0.15, 0.2) is 0 Å². The fourth-order valence-corrected chi connectivity index (χ4v) is 3.80. The molecule has 4 heterocycles. The molecule has 0 aliphatic rings. The van der Waals surface area contributed by atoms with Crippen LogP contribution in [0, 0.1) is 6.92 Å². The van der Waals surface area contributed by atoms with Crippen molar-refractivity contribution in [2.24, 2.45) is 0 Å². The van der Waals surface area contributed by atoms with E-state index in [0.29, 0.717) is 6.54 Å². The number of para-hydroxylation sites is 1. The molecule has 0 unspecified atom stereocenters. The van der Waals surface area contributed by atoms with Gasteiger partial charge in [-0.1, -0.05) is 18.2 Å². The Morgan fingerprint density at radius 3 is 2.90 bits per heavy atom. The van der Waals surface area contributed by atoms with Crippen LogP contribution in [0.1, 0.15) is 31.1 Å². The van der Waals surface area contributed by atoms with Gasteiger partial charge in [-0.25, -0.2) is 4.98 Å².